The van der Waals surface area contributed by atoms with E-state index >= 15 is 0 Å². The quantitative estimate of drug-likeness (QED) is 0.579. The predicted molar refractivity (Wildman–Crippen MR) is 125 cm³/mol. The average Bonchev–Trinajstić information content (AvgIpc) is 2.96. The van der Waals surface area contributed by atoms with Gasteiger partial charge in [-0.15, -0.1) is 0 Å². The Hall–Kier alpha value is -2.63. The number of rotatable bonds is 7. The normalized spacial score (nSPS) is 13.6. The minimum absolute atomic E-state index is 0.0843. The van der Waals surface area contributed by atoms with Crippen LogP contribution in [0.25, 0.3) is 11.4 Å². The highest BCUT2D eigenvalue weighted by Crippen LogP contribution is 2.28. The van der Waals surface area contributed by atoms with Crippen molar-refractivity contribution in [3.8, 4) is 11.4 Å². The number of carbonyl (C=O) groups is 1. The molecule has 1 N–H and O–H groups in total. The third kappa shape index (κ3) is 5.35. The Morgan fingerprint density at radius 3 is 2.65 bits per heavy atom. The fourth-order valence-electron chi connectivity index (χ4n) is 4.14. The van der Waals surface area contributed by atoms with Crippen molar-refractivity contribution < 1.29 is 4.79 Å². The number of benzene rings is 2. The first-order valence-electron chi connectivity index (χ1n) is 11.0. The summed E-state index contributed by atoms with van der Waals surface area (Å²) in [7, 11) is 2.07. The van der Waals surface area contributed by atoms with Crippen LogP contribution in [0.1, 0.15) is 41.0 Å². The van der Waals surface area contributed by atoms with Crippen molar-refractivity contribution in [1.29, 1.82) is 0 Å². The standard InChI is InChI=1S/C25H29ClN4O/c1-29(18-19-8-4-2-5-9-19)17-15-27-25(31)23-22-10-6-3-7-16-30(22)24(28-23)20-11-13-21(26)14-12-20/h2,4-5,8-9,11-14H,3,6-7,10,15-18H2,1H3,(H,27,31). The first-order valence-corrected chi connectivity index (χ1v) is 11.4. The van der Waals surface area contributed by atoms with Gasteiger partial charge in [-0.05, 0) is 56.1 Å². The average molecular weight is 437 g/mol. The molecule has 1 aliphatic heterocycles. The van der Waals surface area contributed by atoms with Crippen LogP contribution < -0.4 is 5.32 Å². The smallest absolute Gasteiger partial charge is 0.271 e. The van der Waals surface area contributed by atoms with Gasteiger partial charge in [0, 0.05) is 36.8 Å². The third-order valence-electron chi connectivity index (χ3n) is 5.76. The largest absolute Gasteiger partial charge is 0.349 e. The van der Waals surface area contributed by atoms with E-state index in [0.29, 0.717) is 17.3 Å². The number of hydrogen-bond acceptors (Lipinski definition) is 3. The maximum Gasteiger partial charge on any atom is 0.271 e. The fraction of sp³-hybridized carbons (Fsp3) is 0.360. The number of halogens is 1. The molecular formula is C25H29ClN4O. The number of amides is 1. The first-order chi connectivity index (χ1) is 15.1. The Labute approximate surface area is 189 Å². The van der Waals surface area contributed by atoms with Gasteiger partial charge in [-0.1, -0.05) is 48.4 Å². The van der Waals surface area contributed by atoms with E-state index in [1.807, 2.05) is 42.5 Å². The van der Waals surface area contributed by atoms with Crippen molar-refractivity contribution in [2.45, 2.75) is 38.8 Å². The van der Waals surface area contributed by atoms with E-state index in [-0.39, 0.29) is 5.91 Å². The van der Waals surface area contributed by atoms with Gasteiger partial charge in [0.25, 0.3) is 5.91 Å². The molecule has 1 amide bonds. The lowest BCUT2D eigenvalue weighted by Gasteiger charge is -2.17. The predicted octanol–water partition coefficient (Wildman–Crippen LogP) is 4.79. The van der Waals surface area contributed by atoms with E-state index in [4.69, 9.17) is 16.6 Å². The third-order valence-corrected chi connectivity index (χ3v) is 6.01. The molecule has 162 valence electrons. The van der Waals surface area contributed by atoms with Crippen molar-refractivity contribution in [2.75, 3.05) is 20.1 Å². The SMILES string of the molecule is CN(CCNC(=O)c1nc(-c2ccc(Cl)cc2)n2c1CCCCC2)Cc1ccccc1. The van der Waals surface area contributed by atoms with Gasteiger partial charge < -0.3 is 14.8 Å². The van der Waals surface area contributed by atoms with Gasteiger partial charge in [0.1, 0.15) is 11.5 Å². The number of likely N-dealkylation sites (N-methyl/N-ethyl adjacent to an activating group) is 1. The van der Waals surface area contributed by atoms with Gasteiger partial charge in [-0.25, -0.2) is 4.98 Å². The molecule has 0 saturated carbocycles. The van der Waals surface area contributed by atoms with Crippen molar-refractivity contribution >= 4 is 17.5 Å². The van der Waals surface area contributed by atoms with Crippen molar-refractivity contribution in [3.63, 3.8) is 0 Å². The topological polar surface area (TPSA) is 50.2 Å². The molecule has 3 aromatic rings. The Balaban J connectivity index is 1.45. The number of carbonyl (C=O) groups excluding carboxylic acids is 1. The maximum atomic E-state index is 13.0. The zero-order chi connectivity index (χ0) is 21.6. The monoisotopic (exact) mass is 436 g/mol. The summed E-state index contributed by atoms with van der Waals surface area (Å²) in [5.74, 6) is 0.777. The van der Waals surface area contributed by atoms with Gasteiger partial charge in [0.2, 0.25) is 0 Å². The minimum atomic E-state index is -0.0843. The molecule has 1 aliphatic rings. The lowest BCUT2D eigenvalue weighted by atomic mass is 10.1. The summed E-state index contributed by atoms with van der Waals surface area (Å²) in [4.78, 5) is 20.0. The number of nitrogens with zero attached hydrogens (tertiary/aromatic N) is 3. The molecule has 0 bridgehead atoms. The number of imidazole rings is 1. The molecule has 0 unspecified atom stereocenters. The van der Waals surface area contributed by atoms with Crippen LogP contribution >= 0.6 is 11.6 Å². The zero-order valence-corrected chi connectivity index (χ0v) is 18.7. The molecule has 0 spiro atoms. The summed E-state index contributed by atoms with van der Waals surface area (Å²) >= 11 is 6.06. The van der Waals surface area contributed by atoms with Gasteiger partial charge in [-0.3, -0.25) is 4.79 Å². The van der Waals surface area contributed by atoms with Gasteiger partial charge in [0.05, 0.1) is 5.69 Å². The molecule has 0 saturated heterocycles. The van der Waals surface area contributed by atoms with E-state index in [0.717, 1.165) is 56.0 Å². The molecule has 0 aliphatic carbocycles. The van der Waals surface area contributed by atoms with Crippen molar-refractivity contribution in [2.24, 2.45) is 0 Å². The number of aromatic nitrogens is 2. The Bertz CT molecular complexity index is 1010. The molecule has 2 heterocycles. The van der Waals surface area contributed by atoms with Crippen LogP contribution in [-0.4, -0.2) is 40.5 Å². The summed E-state index contributed by atoms with van der Waals surface area (Å²) < 4.78 is 2.23. The van der Waals surface area contributed by atoms with Crippen LogP contribution in [-0.2, 0) is 19.5 Å². The Morgan fingerprint density at radius 2 is 1.87 bits per heavy atom. The number of nitrogens with one attached hydrogen (secondary N) is 1. The molecule has 0 radical (unpaired) electrons. The second-order valence-electron chi connectivity index (χ2n) is 8.18. The van der Waals surface area contributed by atoms with Gasteiger partial charge in [-0.2, -0.15) is 0 Å². The Kier molecular flexibility index (Phi) is 7.05. The molecule has 1 aromatic heterocycles. The van der Waals surface area contributed by atoms with E-state index in [9.17, 15) is 4.79 Å². The highest BCUT2D eigenvalue weighted by atomic mass is 35.5. The number of fused-ring (bicyclic) bond motifs is 1. The lowest BCUT2D eigenvalue weighted by Crippen LogP contribution is -2.33. The lowest BCUT2D eigenvalue weighted by molar-refractivity contribution is 0.0944. The highest BCUT2D eigenvalue weighted by molar-refractivity contribution is 6.30. The van der Waals surface area contributed by atoms with E-state index < -0.39 is 0 Å². The molecule has 31 heavy (non-hydrogen) atoms. The molecule has 0 fully saturated rings. The molecule has 6 heteroatoms. The zero-order valence-electron chi connectivity index (χ0n) is 18.0. The van der Waals surface area contributed by atoms with Crippen LogP contribution in [0.2, 0.25) is 5.02 Å². The van der Waals surface area contributed by atoms with Crippen LogP contribution in [0, 0.1) is 0 Å². The molecular weight excluding hydrogens is 408 g/mol. The summed E-state index contributed by atoms with van der Waals surface area (Å²) in [6.45, 7) is 3.12. The van der Waals surface area contributed by atoms with Gasteiger partial charge >= 0.3 is 0 Å². The number of hydrogen-bond donors (Lipinski definition) is 1. The molecule has 2 aromatic carbocycles. The van der Waals surface area contributed by atoms with Crippen LogP contribution in [0.4, 0.5) is 0 Å². The summed E-state index contributed by atoms with van der Waals surface area (Å²) in [5.41, 5.74) is 3.88. The molecule has 4 rings (SSSR count). The van der Waals surface area contributed by atoms with Crippen molar-refractivity contribution in [1.82, 2.24) is 19.8 Å². The molecule has 0 atom stereocenters. The fourth-order valence-corrected chi connectivity index (χ4v) is 4.27. The van der Waals surface area contributed by atoms with Crippen molar-refractivity contribution in [3.05, 3.63) is 76.6 Å². The summed E-state index contributed by atoms with van der Waals surface area (Å²) in [6.07, 6.45) is 4.26. The van der Waals surface area contributed by atoms with Crippen LogP contribution in [0.5, 0.6) is 0 Å². The minimum Gasteiger partial charge on any atom is -0.349 e. The Morgan fingerprint density at radius 1 is 1.10 bits per heavy atom. The second kappa shape index (κ2) is 10.1. The summed E-state index contributed by atoms with van der Waals surface area (Å²) in [6, 6.07) is 18.1. The van der Waals surface area contributed by atoms with Crippen LogP contribution in [0.3, 0.4) is 0 Å². The second-order valence-corrected chi connectivity index (χ2v) is 8.62. The first kappa shape index (κ1) is 21.6. The van der Waals surface area contributed by atoms with E-state index in [1.165, 1.54) is 12.0 Å². The van der Waals surface area contributed by atoms with E-state index in [1.54, 1.807) is 0 Å². The van der Waals surface area contributed by atoms with E-state index in [2.05, 4.69) is 34.0 Å². The highest BCUT2D eigenvalue weighted by Gasteiger charge is 2.24. The van der Waals surface area contributed by atoms with Crippen LogP contribution in [0.15, 0.2) is 54.6 Å². The summed E-state index contributed by atoms with van der Waals surface area (Å²) in [5, 5.41) is 3.78. The van der Waals surface area contributed by atoms with Gasteiger partial charge in [0.15, 0.2) is 0 Å². The molecule has 5 nitrogen and oxygen atoms in total. The maximum absolute atomic E-state index is 13.0.